The van der Waals surface area contributed by atoms with Gasteiger partial charge in [0.05, 0.1) is 12.3 Å². The molecular formula is C23H30F2N4O5. The van der Waals surface area contributed by atoms with Gasteiger partial charge in [0, 0.05) is 31.4 Å². The molecule has 1 atom stereocenters. The highest BCUT2D eigenvalue weighted by atomic mass is 19.3. The molecule has 1 heterocycles. The molecule has 0 radical (unpaired) electrons. The van der Waals surface area contributed by atoms with E-state index >= 15 is 0 Å². The normalized spacial score (nSPS) is 19.8. The first-order valence-corrected chi connectivity index (χ1v) is 11.6. The van der Waals surface area contributed by atoms with Gasteiger partial charge in [0.25, 0.3) is 11.8 Å². The number of alkyl halides is 2. The molecule has 4 rings (SSSR count). The Balaban J connectivity index is 1.53. The molecule has 0 aromatic heterocycles. The topological polar surface area (TPSA) is 114 Å². The van der Waals surface area contributed by atoms with E-state index in [4.69, 9.17) is 10.5 Å². The van der Waals surface area contributed by atoms with E-state index in [1.54, 1.807) is 0 Å². The lowest BCUT2D eigenvalue weighted by Gasteiger charge is -2.35. The van der Waals surface area contributed by atoms with Gasteiger partial charge in [0.15, 0.2) is 11.8 Å². The molecule has 186 valence electrons. The van der Waals surface area contributed by atoms with Crippen molar-refractivity contribution in [3.05, 3.63) is 18.2 Å². The standard InChI is InChI=1S/C23H30F2N4O5/c24-23(25)34-18-10-16(6-7-17(18)29-8-9-33-13-19(29)30)27-22(32)20(21(26)31)28(12-15-4-5-15)11-14-2-1-3-14/h6-7,10,14-15,20,23H,1-5,8-9,11-13H2,(H2,26,31)(H,27,32)/t20-/m0/s1. The number of primary amides is 1. The van der Waals surface area contributed by atoms with Crippen molar-refractivity contribution >= 4 is 29.1 Å². The van der Waals surface area contributed by atoms with E-state index in [-0.39, 0.29) is 42.8 Å². The highest BCUT2D eigenvalue weighted by molar-refractivity contribution is 6.09. The van der Waals surface area contributed by atoms with Crippen LogP contribution in [0.15, 0.2) is 18.2 Å². The fourth-order valence-electron chi connectivity index (χ4n) is 4.39. The Morgan fingerprint density at radius 3 is 2.47 bits per heavy atom. The number of ether oxygens (including phenoxy) is 2. The maximum atomic E-state index is 13.1. The van der Waals surface area contributed by atoms with Crippen molar-refractivity contribution in [1.82, 2.24) is 4.90 Å². The molecule has 3 N–H and O–H groups in total. The number of anilines is 2. The molecule has 1 saturated heterocycles. The molecular weight excluding hydrogens is 450 g/mol. The second-order valence-electron chi connectivity index (χ2n) is 9.15. The smallest absolute Gasteiger partial charge is 0.387 e. The SMILES string of the molecule is NC(=O)[C@@H](C(=O)Nc1ccc(N2CCOCC2=O)c(OC(F)F)c1)N(CC1CCC1)CC1CC1. The van der Waals surface area contributed by atoms with E-state index in [0.717, 1.165) is 32.1 Å². The molecule has 3 aliphatic rings. The summed E-state index contributed by atoms with van der Waals surface area (Å²) in [6.07, 6.45) is 5.38. The Morgan fingerprint density at radius 1 is 1.21 bits per heavy atom. The summed E-state index contributed by atoms with van der Waals surface area (Å²) in [5.41, 5.74) is 5.94. The van der Waals surface area contributed by atoms with Gasteiger partial charge in [-0.2, -0.15) is 8.78 Å². The minimum atomic E-state index is -3.13. The van der Waals surface area contributed by atoms with Gasteiger partial charge in [0.1, 0.15) is 6.61 Å². The maximum Gasteiger partial charge on any atom is 0.387 e. The first kappa shape index (κ1) is 24.3. The van der Waals surface area contributed by atoms with Crippen molar-refractivity contribution in [3.63, 3.8) is 0 Å². The van der Waals surface area contributed by atoms with Crippen LogP contribution in [-0.4, -0.2) is 68.1 Å². The van der Waals surface area contributed by atoms with Crippen LogP contribution >= 0.6 is 0 Å². The summed E-state index contributed by atoms with van der Waals surface area (Å²) in [5.74, 6) is -1.13. The molecule has 0 bridgehead atoms. The van der Waals surface area contributed by atoms with E-state index in [0.29, 0.717) is 24.9 Å². The number of rotatable bonds is 11. The summed E-state index contributed by atoms with van der Waals surface area (Å²) in [4.78, 5) is 40.8. The zero-order chi connectivity index (χ0) is 24.2. The van der Waals surface area contributed by atoms with Crippen LogP contribution in [0.3, 0.4) is 0 Å². The fourth-order valence-corrected chi connectivity index (χ4v) is 4.39. The van der Waals surface area contributed by atoms with Crippen molar-refractivity contribution in [3.8, 4) is 5.75 Å². The van der Waals surface area contributed by atoms with Crippen LogP contribution < -0.4 is 20.7 Å². The van der Waals surface area contributed by atoms with Gasteiger partial charge >= 0.3 is 6.61 Å². The second-order valence-corrected chi connectivity index (χ2v) is 9.15. The van der Waals surface area contributed by atoms with E-state index < -0.39 is 24.5 Å². The predicted octanol–water partition coefficient (Wildman–Crippen LogP) is 1.96. The molecule has 9 nitrogen and oxygen atoms in total. The van der Waals surface area contributed by atoms with Gasteiger partial charge in [-0.25, -0.2) is 0 Å². The summed E-state index contributed by atoms with van der Waals surface area (Å²) >= 11 is 0. The minimum absolute atomic E-state index is 0.151. The minimum Gasteiger partial charge on any atom is -0.433 e. The van der Waals surface area contributed by atoms with Crippen LogP contribution in [0.2, 0.25) is 0 Å². The largest absolute Gasteiger partial charge is 0.433 e. The van der Waals surface area contributed by atoms with Gasteiger partial charge < -0.3 is 25.4 Å². The number of amides is 3. The molecule has 1 aromatic carbocycles. The maximum absolute atomic E-state index is 13.1. The van der Waals surface area contributed by atoms with Crippen molar-refractivity contribution in [2.45, 2.75) is 44.8 Å². The Labute approximate surface area is 196 Å². The van der Waals surface area contributed by atoms with Crippen LogP contribution in [-0.2, 0) is 19.1 Å². The average molecular weight is 481 g/mol. The van der Waals surface area contributed by atoms with Crippen LogP contribution in [0.4, 0.5) is 20.2 Å². The second kappa shape index (κ2) is 10.6. The molecule has 11 heteroatoms. The molecule has 2 aliphatic carbocycles. The third-order valence-corrected chi connectivity index (χ3v) is 6.51. The van der Waals surface area contributed by atoms with Gasteiger partial charge in [0.2, 0.25) is 5.91 Å². The molecule has 1 aromatic rings. The molecule has 3 fully saturated rings. The van der Waals surface area contributed by atoms with Crippen molar-refractivity contribution < 1.29 is 32.6 Å². The van der Waals surface area contributed by atoms with E-state index in [9.17, 15) is 23.2 Å². The number of halogens is 2. The first-order valence-electron chi connectivity index (χ1n) is 11.6. The number of hydrogen-bond acceptors (Lipinski definition) is 6. The third-order valence-electron chi connectivity index (χ3n) is 6.51. The predicted molar refractivity (Wildman–Crippen MR) is 119 cm³/mol. The highest BCUT2D eigenvalue weighted by Gasteiger charge is 2.37. The zero-order valence-corrected chi connectivity index (χ0v) is 18.9. The monoisotopic (exact) mass is 480 g/mol. The summed E-state index contributed by atoms with van der Waals surface area (Å²) in [6, 6.07) is 2.95. The van der Waals surface area contributed by atoms with Gasteiger partial charge in [-0.05, 0) is 49.7 Å². The highest BCUT2D eigenvalue weighted by Crippen LogP contribution is 2.35. The van der Waals surface area contributed by atoms with Crippen molar-refractivity contribution in [1.29, 1.82) is 0 Å². The lowest BCUT2D eigenvalue weighted by molar-refractivity contribution is -0.133. The van der Waals surface area contributed by atoms with Gasteiger partial charge in [-0.3, -0.25) is 19.3 Å². The number of carbonyl (C=O) groups is 3. The number of nitrogens with one attached hydrogen (secondary N) is 1. The van der Waals surface area contributed by atoms with Crippen LogP contribution in [0, 0.1) is 11.8 Å². The summed E-state index contributed by atoms with van der Waals surface area (Å²) in [6.45, 7) is -1.60. The lowest BCUT2D eigenvalue weighted by Crippen LogP contribution is -2.54. The molecule has 3 amide bonds. The number of nitrogens with zero attached hydrogens (tertiary/aromatic N) is 2. The zero-order valence-electron chi connectivity index (χ0n) is 18.9. The Morgan fingerprint density at radius 2 is 1.91 bits per heavy atom. The number of benzene rings is 1. The molecule has 1 aliphatic heterocycles. The number of carbonyl (C=O) groups excluding carboxylic acids is 3. The van der Waals surface area contributed by atoms with Crippen LogP contribution in [0.5, 0.6) is 5.75 Å². The Hall–Kier alpha value is -2.79. The van der Waals surface area contributed by atoms with E-state index in [2.05, 4.69) is 10.1 Å². The molecule has 34 heavy (non-hydrogen) atoms. The molecule has 0 unspecified atom stereocenters. The lowest BCUT2D eigenvalue weighted by atomic mass is 9.84. The number of morpholine rings is 1. The Kier molecular flexibility index (Phi) is 7.62. The first-order chi connectivity index (χ1) is 16.3. The third kappa shape index (κ3) is 6.01. The Bertz CT molecular complexity index is 923. The van der Waals surface area contributed by atoms with Crippen molar-refractivity contribution in [2.24, 2.45) is 17.6 Å². The van der Waals surface area contributed by atoms with E-state index in [1.807, 2.05) is 4.90 Å². The quantitative estimate of drug-likeness (QED) is 0.468. The summed E-state index contributed by atoms with van der Waals surface area (Å²) in [7, 11) is 0. The van der Waals surface area contributed by atoms with Crippen molar-refractivity contribution in [2.75, 3.05) is 43.1 Å². The van der Waals surface area contributed by atoms with E-state index in [1.165, 1.54) is 23.1 Å². The van der Waals surface area contributed by atoms with Gasteiger partial charge in [-0.15, -0.1) is 0 Å². The molecule has 2 saturated carbocycles. The van der Waals surface area contributed by atoms with Gasteiger partial charge in [-0.1, -0.05) is 6.42 Å². The number of hydrogen-bond donors (Lipinski definition) is 2. The van der Waals surface area contributed by atoms with Crippen LogP contribution in [0.1, 0.15) is 32.1 Å². The molecule has 0 spiro atoms. The average Bonchev–Trinajstić information content (AvgIpc) is 3.55. The van der Waals surface area contributed by atoms with Crippen LogP contribution in [0.25, 0.3) is 0 Å². The number of nitrogens with two attached hydrogens (primary N) is 1. The summed E-state index contributed by atoms with van der Waals surface area (Å²) < 4.78 is 35.9. The summed E-state index contributed by atoms with van der Waals surface area (Å²) in [5, 5.41) is 2.63. The fraction of sp³-hybridized carbons (Fsp3) is 0.609.